The van der Waals surface area contributed by atoms with Crippen LogP contribution in [0, 0.1) is 0 Å². The lowest BCUT2D eigenvalue weighted by Gasteiger charge is -2.02. The van der Waals surface area contributed by atoms with E-state index in [-0.39, 0.29) is 11.2 Å². The fourth-order valence-electron chi connectivity index (χ4n) is 1.52. The topological polar surface area (TPSA) is 77.6 Å². The second-order valence-electron chi connectivity index (χ2n) is 3.43. The molecule has 0 aliphatic carbocycles. The number of fused-ring (bicyclic) bond motifs is 1. The van der Waals surface area contributed by atoms with Crippen molar-refractivity contribution in [3.05, 3.63) is 27.5 Å². The Morgan fingerprint density at radius 1 is 1.22 bits per heavy atom. The number of nitrogen functional groups attached to an aromatic ring is 1. The van der Waals surface area contributed by atoms with Gasteiger partial charge in [0, 0.05) is 23.3 Å². The summed E-state index contributed by atoms with van der Waals surface area (Å²) in [5, 5.41) is 2.13. The zero-order valence-electron chi connectivity index (χ0n) is 8.76. The summed E-state index contributed by atoms with van der Waals surface area (Å²) in [6.45, 7) is 0. The largest absolute Gasteiger partial charge is 0.368 e. The molecule has 3 aromatic rings. The Morgan fingerprint density at radius 2 is 1.94 bits per heavy atom. The van der Waals surface area contributed by atoms with Gasteiger partial charge in [0.1, 0.15) is 5.52 Å². The molecule has 0 unspecified atom stereocenters. The van der Waals surface area contributed by atoms with E-state index in [9.17, 15) is 0 Å². The first kappa shape index (κ1) is 11.8. The molecule has 8 heteroatoms. The monoisotopic (exact) mass is 341 g/mol. The molecule has 0 aliphatic heterocycles. The van der Waals surface area contributed by atoms with E-state index in [1.807, 2.05) is 5.38 Å². The highest BCUT2D eigenvalue weighted by molar-refractivity contribution is 9.10. The molecule has 0 aliphatic rings. The van der Waals surface area contributed by atoms with Crippen molar-refractivity contribution in [1.29, 1.82) is 0 Å². The summed E-state index contributed by atoms with van der Waals surface area (Å²) in [5.74, 6) is 0.225. The highest BCUT2D eigenvalue weighted by Gasteiger charge is 2.13. The number of thiophene rings is 1. The van der Waals surface area contributed by atoms with Gasteiger partial charge in [-0.2, -0.15) is 0 Å². The molecule has 0 saturated carbocycles. The van der Waals surface area contributed by atoms with Gasteiger partial charge in [0.05, 0.1) is 14.9 Å². The van der Waals surface area contributed by atoms with Crippen LogP contribution in [0.5, 0.6) is 0 Å². The number of hydrogen-bond acceptors (Lipinski definition) is 6. The summed E-state index contributed by atoms with van der Waals surface area (Å²) in [6.07, 6.45) is 3.24. The van der Waals surface area contributed by atoms with Gasteiger partial charge in [-0.25, -0.2) is 19.9 Å². The Labute approximate surface area is 119 Å². The van der Waals surface area contributed by atoms with E-state index in [2.05, 4.69) is 35.9 Å². The minimum absolute atomic E-state index is 0.188. The first-order valence-electron chi connectivity index (χ1n) is 4.83. The van der Waals surface area contributed by atoms with E-state index >= 15 is 0 Å². The second-order valence-corrected chi connectivity index (χ2v) is 5.50. The second kappa shape index (κ2) is 4.42. The minimum Gasteiger partial charge on any atom is -0.368 e. The third kappa shape index (κ3) is 1.94. The molecular weight excluding hydrogens is 338 g/mol. The molecule has 2 N–H and O–H groups in total. The van der Waals surface area contributed by atoms with E-state index in [0.29, 0.717) is 5.69 Å². The summed E-state index contributed by atoms with van der Waals surface area (Å²) < 4.78 is 1.82. The number of aromatic nitrogens is 4. The van der Waals surface area contributed by atoms with Gasteiger partial charge in [0.25, 0.3) is 0 Å². The minimum atomic E-state index is 0.188. The van der Waals surface area contributed by atoms with Crippen molar-refractivity contribution in [2.75, 3.05) is 5.73 Å². The summed E-state index contributed by atoms with van der Waals surface area (Å²) >= 11 is 10.9. The average molecular weight is 343 g/mol. The van der Waals surface area contributed by atoms with Crippen molar-refractivity contribution >= 4 is 55.0 Å². The molecule has 0 spiro atoms. The van der Waals surface area contributed by atoms with Crippen molar-refractivity contribution in [2.24, 2.45) is 0 Å². The third-order valence-corrected chi connectivity index (χ3v) is 4.34. The lowest BCUT2D eigenvalue weighted by Crippen LogP contribution is -1.95. The maximum Gasteiger partial charge on any atom is 0.223 e. The Kier molecular flexibility index (Phi) is 2.89. The molecule has 3 rings (SSSR count). The average Bonchev–Trinajstić information content (AvgIpc) is 2.71. The number of nitrogens with two attached hydrogens (primary N) is 1. The standard InChI is InChI=1S/C10H5BrClN5S/c11-5-3-18-8-6(16-9(12)17-7(5)8)4-1-14-10(13)15-2-4/h1-3H,(H2,13,14,15). The zero-order chi connectivity index (χ0) is 12.7. The van der Waals surface area contributed by atoms with Gasteiger partial charge in [-0.3, -0.25) is 0 Å². The molecule has 0 atom stereocenters. The van der Waals surface area contributed by atoms with Crippen LogP contribution in [-0.2, 0) is 0 Å². The molecule has 18 heavy (non-hydrogen) atoms. The quantitative estimate of drug-likeness (QED) is 0.687. The molecule has 0 saturated heterocycles. The van der Waals surface area contributed by atoms with Gasteiger partial charge in [0.2, 0.25) is 11.2 Å². The summed E-state index contributed by atoms with van der Waals surface area (Å²) in [6, 6.07) is 0. The number of anilines is 1. The van der Waals surface area contributed by atoms with Crippen LogP contribution < -0.4 is 5.73 Å². The molecule has 90 valence electrons. The van der Waals surface area contributed by atoms with Crippen LogP contribution in [0.1, 0.15) is 0 Å². The lowest BCUT2D eigenvalue weighted by atomic mass is 10.2. The van der Waals surface area contributed by atoms with Crippen molar-refractivity contribution in [3.63, 3.8) is 0 Å². The Bertz CT molecular complexity index is 727. The fourth-order valence-corrected chi connectivity index (χ4v) is 3.26. The SMILES string of the molecule is Nc1ncc(-c2nc(Cl)nc3c(Br)csc23)cn1. The molecule has 0 amide bonds. The van der Waals surface area contributed by atoms with Crippen LogP contribution in [-0.4, -0.2) is 19.9 Å². The molecule has 0 radical (unpaired) electrons. The number of halogens is 2. The first-order valence-corrected chi connectivity index (χ1v) is 6.88. The van der Waals surface area contributed by atoms with E-state index in [0.717, 1.165) is 20.3 Å². The third-order valence-electron chi connectivity index (χ3n) is 2.29. The van der Waals surface area contributed by atoms with Gasteiger partial charge in [-0.15, -0.1) is 11.3 Å². The molecule has 3 aromatic heterocycles. The van der Waals surface area contributed by atoms with Crippen LogP contribution >= 0.6 is 38.9 Å². The van der Waals surface area contributed by atoms with Crippen LogP contribution in [0.25, 0.3) is 21.5 Å². The highest BCUT2D eigenvalue weighted by Crippen LogP contribution is 2.35. The predicted molar refractivity (Wildman–Crippen MR) is 75.6 cm³/mol. The lowest BCUT2D eigenvalue weighted by molar-refractivity contribution is 1.17. The maximum atomic E-state index is 5.93. The van der Waals surface area contributed by atoms with E-state index in [4.69, 9.17) is 17.3 Å². The van der Waals surface area contributed by atoms with Gasteiger partial charge < -0.3 is 5.73 Å². The van der Waals surface area contributed by atoms with E-state index in [1.165, 1.54) is 11.3 Å². The van der Waals surface area contributed by atoms with Gasteiger partial charge >= 0.3 is 0 Å². The van der Waals surface area contributed by atoms with Crippen LogP contribution in [0.15, 0.2) is 22.2 Å². The van der Waals surface area contributed by atoms with Crippen LogP contribution in [0.3, 0.4) is 0 Å². The van der Waals surface area contributed by atoms with Crippen molar-refractivity contribution in [2.45, 2.75) is 0 Å². The van der Waals surface area contributed by atoms with Crippen LogP contribution in [0.2, 0.25) is 5.28 Å². The Morgan fingerprint density at radius 3 is 2.67 bits per heavy atom. The maximum absolute atomic E-state index is 5.93. The number of nitrogens with zero attached hydrogens (tertiary/aromatic N) is 4. The normalized spacial score (nSPS) is 11.0. The zero-order valence-corrected chi connectivity index (χ0v) is 11.9. The highest BCUT2D eigenvalue weighted by atomic mass is 79.9. The van der Waals surface area contributed by atoms with E-state index < -0.39 is 0 Å². The van der Waals surface area contributed by atoms with Crippen molar-refractivity contribution in [1.82, 2.24) is 19.9 Å². The van der Waals surface area contributed by atoms with Crippen molar-refractivity contribution in [3.8, 4) is 11.3 Å². The molecule has 5 nitrogen and oxygen atoms in total. The predicted octanol–water partition coefficient (Wildman–Crippen LogP) is 3.15. The Hall–Kier alpha value is -1.31. The van der Waals surface area contributed by atoms with Gasteiger partial charge in [-0.1, -0.05) is 0 Å². The van der Waals surface area contributed by atoms with Gasteiger partial charge in [0.15, 0.2) is 0 Å². The number of hydrogen-bond donors (Lipinski definition) is 1. The smallest absolute Gasteiger partial charge is 0.223 e. The first-order chi connectivity index (χ1) is 8.65. The summed E-state index contributed by atoms with van der Waals surface area (Å²) in [4.78, 5) is 16.3. The molecule has 0 aromatic carbocycles. The molecular formula is C10H5BrClN5S. The molecule has 0 bridgehead atoms. The summed E-state index contributed by atoms with van der Waals surface area (Å²) in [5.41, 5.74) is 7.72. The number of rotatable bonds is 1. The molecule has 0 fully saturated rings. The van der Waals surface area contributed by atoms with Gasteiger partial charge in [-0.05, 0) is 27.5 Å². The fraction of sp³-hybridized carbons (Fsp3) is 0. The summed E-state index contributed by atoms with van der Waals surface area (Å²) in [7, 11) is 0. The molecule has 3 heterocycles. The van der Waals surface area contributed by atoms with E-state index in [1.54, 1.807) is 12.4 Å². The van der Waals surface area contributed by atoms with Crippen LogP contribution in [0.4, 0.5) is 5.95 Å². The van der Waals surface area contributed by atoms with Crippen molar-refractivity contribution < 1.29 is 0 Å². The Balaban J connectivity index is 2.31.